The summed E-state index contributed by atoms with van der Waals surface area (Å²) in [6.07, 6.45) is 39.5. The van der Waals surface area contributed by atoms with Crippen molar-refractivity contribution in [2.24, 2.45) is 5.92 Å². The Labute approximate surface area is 323 Å². The number of ether oxygens (including phenoxy) is 3. The maximum Gasteiger partial charge on any atom is 0.306 e. The maximum absolute atomic E-state index is 12.7. The van der Waals surface area contributed by atoms with Crippen molar-refractivity contribution in [1.82, 2.24) is 0 Å². The lowest BCUT2D eigenvalue weighted by Crippen LogP contribution is -2.30. The van der Waals surface area contributed by atoms with E-state index in [9.17, 15) is 14.4 Å². The molecule has 0 aromatic rings. The molecule has 0 fully saturated rings. The Kier molecular flexibility index (Phi) is 39.4. The Hall–Kier alpha value is -1.59. The van der Waals surface area contributed by atoms with E-state index in [1.165, 1.54) is 148 Å². The highest BCUT2D eigenvalue weighted by molar-refractivity contribution is 5.71. The second-order valence-electron chi connectivity index (χ2n) is 16.2. The summed E-state index contributed by atoms with van der Waals surface area (Å²) in [5, 5.41) is 0. The fourth-order valence-electron chi connectivity index (χ4n) is 6.80. The maximum atomic E-state index is 12.7. The van der Waals surface area contributed by atoms with Crippen LogP contribution in [0.4, 0.5) is 0 Å². The number of unbranched alkanes of at least 4 members (excludes halogenated alkanes) is 28. The van der Waals surface area contributed by atoms with Gasteiger partial charge in [-0.3, -0.25) is 14.4 Å². The van der Waals surface area contributed by atoms with E-state index in [0.29, 0.717) is 19.3 Å². The molecule has 0 spiro atoms. The molecule has 0 aliphatic heterocycles. The molecule has 0 amide bonds. The Morgan fingerprint density at radius 3 is 0.942 bits per heavy atom. The quantitative estimate of drug-likeness (QED) is 0.0353. The molecule has 0 radical (unpaired) electrons. The molecule has 0 bridgehead atoms. The van der Waals surface area contributed by atoms with E-state index in [4.69, 9.17) is 14.2 Å². The van der Waals surface area contributed by atoms with Crippen molar-refractivity contribution in [2.45, 2.75) is 259 Å². The van der Waals surface area contributed by atoms with Crippen LogP contribution in [0.2, 0.25) is 0 Å². The molecule has 6 heteroatoms. The van der Waals surface area contributed by atoms with Crippen molar-refractivity contribution in [1.29, 1.82) is 0 Å². The number of carbonyl (C=O) groups excluding carboxylic acids is 3. The van der Waals surface area contributed by atoms with Gasteiger partial charge in [0.05, 0.1) is 0 Å². The summed E-state index contributed by atoms with van der Waals surface area (Å²) in [5.41, 5.74) is 0. The average Bonchev–Trinajstić information content (AvgIpc) is 3.12. The Bertz CT molecular complexity index is 781. The van der Waals surface area contributed by atoms with Crippen LogP contribution in [0.15, 0.2) is 0 Å². The summed E-state index contributed by atoms with van der Waals surface area (Å²) in [6, 6.07) is 0. The zero-order valence-corrected chi connectivity index (χ0v) is 35.3. The predicted octanol–water partition coefficient (Wildman–Crippen LogP) is 14.3. The van der Waals surface area contributed by atoms with Gasteiger partial charge in [0, 0.05) is 19.3 Å². The number of esters is 3. The second kappa shape index (κ2) is 40.6. The van der Waals surface area contributed by atoms with E-state index in [-0.39, 0.29) is 31.1 Å². The first-order valence-corrected chi connectivity index (χ1v) is 22.9. The predicted molar refractivity (Wildman–Crippen MR) is 220 cm³/mol. The number of hydrogen-bond acceptors (Lipinski definition) is 6. The van der Waals surface area contributed by atoms with Crippen molar-refractivity contribution in [3.8, 4) is 0 Å². The van der Waals surface area contributed by atoms with Gasteiger partial charge in [-0.2, -0.15) is 0 Å². The van der Waals surface area contributed by atoms with E-state index in [1.807, 2.05) is 0 Å². The highest BCUT2D eigenvalue weighted by atomic mass is 16.6. The summed E-state index contributed by atoms with van der Waals surface area (Å²) < 4.78 is 16.7. The molecule has 1 atom stereocenters. The number of hydrogen-bond donors (Lipinski definition) is 0. The molecule has 0 aliphatic carbocycles. The minimum Gasteiger partial charge on any atom is -0.462 e. The van der Waals surface area contributed by atoms with Crippen LogP contribution in [-0.4, -0.2) is 37.2 Å². The number of rotatable bonds is 41. The second-order valence-corrected chi connectivity index (χ2v) is 16.2. The van der Waals surface area contributed by atoms with Crippen LogP contribution in [0, 0.1) is 5.92 Å². The van der Waals surface area contributed by atoms with Crippen molar-refractivity contribution in [2.75, 3.05) is 13.2 Å². The van der Waals surface area contributed by atoms with Gasteiger partial charge < -0.3 is 14.2 Å². The summed E-state index contributed by atoms with van der Waals surface area (Å²) in [4.78, 5) is 37.6. The third-order valence-electron chi connectivity index (χ3n) is 10.3. The minimum atomic E-state index is -0.759. The number of carbonyl (C=O) groups is 3. The van der Waals surface area contributed by atoms with E-state index < -0.39 is 6.10 Å². The van der Waals surface area contributed by atoms with Crippen LogP contribution >= 0.6 is 0 Å². The molecular formula is C46H88O6. The monoisotopic (exact) mass is 737 g/mol. The molecular weight excluding hydrogens is 648 g/mol. The lowest BCUT2D eigenvalue weighted by molar-refractivity contribution is -0.167. The largest absolute Gasteiger partial charge is 0.462 e. The Morgan fingerprint density at radius 1 is 0.365 bits per heavy atom. The topological polar surface area (TPSA) is 78.9 Å². The molecule has 308 valence electrons. The van der Waals surface area contributed by atoms with Crippen molar-refractivity contribution < 1.29 is 28.6 Å². The van der Waals surface area contributed by atoms with Gasteiger partial charge in [0.15, 0.2) is 6.10 Å². The van der Waals surface area contributed by atoms with Gasteiger partial charge in [-0.05, 0) is 25.2 Å². The Morgan fingerprint density at radius 2 is 0.635 bits per heavy atom. The summed E-state index contributed by atoms with van der Waals surface area (Å²) in [6.45, 7) is 8.92. The van der Waals surface area contributed by atoms with Crippen LogP contribution < -0.4 is 0 Å². The van der Waals surface area contributed by atoms with Crippen molar-refractivity contribution in [3.63, 3.8) is 0 Å². The van der Waals surface area contributed by atoms with Gasteiger partial charge in [-0.25, -0.2) is 0 Å². The van der Waals surface area contributed by atoms with E-state index in [0.717, 1.165) is 63.7 Å². The molecule has 0 unspecified atom stereocenters. The molecule has 0 saturated heterocycles. The zero-order chi connectivity index (χ0) is 38.2. The van der Waals surface area contributed by atoms with Crippen molar-refractivity contribution >= 4 is 17.9 Å². The molecule has 0 rings (SSSR count). The molecule has 0 heterocycles. The summed E-state index contributed by atoms with van der Waals surface area (Å²) in [7, 11) is 0. The van der Waals surface area contributed by atoms with Gasteiger partial charge >= 0.3 is 17.9 Å². The third-order valence-corrected chi connectivity index (χ3v) is 10.3. The van der Waals surface area contributed by atoms with Gasteiger partial charge in [-0.1, -0.05) is 214 Å². The molecule has 52 heavy (non-hydrogen) atoms. The first kappa shape index (κ1) is 50.4. The van der Waals surface area contributed by atoms with Crippen LogP contribution in [0.1, 0.15) is 252 Å². The van der Waals surface area contributed by atoms with E-state index in [1.54, 1.807) is 0 Å². The SMILES string of the molecule is CCCCCCCCCCCCCCCCC(=O)OC[C@@H](COC(=O)CCCCCCCCCCCCC)OC(=O)CCCCCCCCC(C)C. The summed E-state index contributed by atoms with van der Waals surface area (Å²) >= 11 is 0. The molecule has 0 aromatic carbocycles. The molecule has 6 nitrogen and oxygen atoms in total. The minimum absolute atomic E-state index is 0.0647. The lowest BCUT2D eigenvalue weighted by Gasteiger charge is -2.18. The first-order chi connectivity index (χ1) is 25.4. The van der Waals surface area contributed by atoms with Gasteiger partial charge in [0.25, 0.3) is 0 Å². The highest BCUT2D eigenvalue weighted by Gasteiger charge is 2.19. The van der Waals surface area contributed by atoms with Gasteiger partial charge in [0.1, 0.15) is 13.2 Å². The first-order valence-electron chi connectivity index (χ1n) is 22.9. The van der Waals surface area contributed by atoms with Crippen molar-refractivity contribution in [3.05, 3.63) is 0 Å². The van der Waals surface area contributed by atoms with Crippen LogP contribution in [0.5, 0.6) is 0 Å². The smallest absolute Gasteiger partial charge is 0.306 e. The van der Waals surface area contributed by atoms with E-state index >= 15 is 0 Å². The Balaban J connectivity index is 4.29. The molecule has 0 N–H and O–H groups in total. The third kappa shape index (κ3) is 39.6. The van der Waals surface area contributed by atoms with Gasteiger partial charge in [0.2, 0.25) is 0 Å². The van der Waals surface area contributed by atoms with Crippen LogP contribution in [0.3, 0.4) is 0 Å². The fourth-order valence-corrected chi connectivity index (χ4v) is 6.80. The zero-order valence-electron chi connectivity index (χ0n) is 35.3. The van der Waals surface area contributed by atoms with Gasteiger partial charge in [-0.15, -0.1) is 0 Å². The van der Waals surface area contributed by atoms with Crippen LogP contribution in [-0.2, 0) is 28.6 Å². The fraction of sp³-hybridized carbons (Fsp3) is 0.935. The molecule has 0 aliphatic rings. The molecule has 0 aromatic heterocycles. The standard InChI is InChI=1S/C46H88O6/c1-5-7-9-11-13-15-17-18-19-21-23-25-30-34-38-45(48)51-41-43(52-46(49)39-35-31-27-26-28-32-36-42(3)4)40-50-44(47)37-33-29-24-22-20-16-14-12-10-8-6-2/h42-43H,5-41H2,1-4H3/t43-/m1/s1. The lowest BCUT2D eigenvalue weighted by atomic mass is 10.0. The normalized spacial score (nSPS) is 11.9. The highest BCUT2D eigenvalue weighted by Crippen LogP contribution is 2.16. The average molecular weight is 737 g/mol. The van der Waals surface area contributed by atoms with Crippen LogP contribution in [0.25, 0.3) is 0 Å². The van der Waals surface area contributed by atoms with E-state index in [2.05, 4.69) is 27.7 Å². The molecule has 0 saturated carbocycles. The summed E-state index contributed by atoms with van der Waals surface area (Å²) in [5.74, 6) is -0.1000.